The smallest absolute Gasteiger partial charge is 0.415 e. The summed E-state index contributed by atoms with van der Waals surface area (Å²) in [5.41, 5.74) is 3.41. The number of ether oxygens (including phenoxy) is 7. The van der Waals surface area contributed by atoms with Crippen LogP contribution in [0.2, 0.25) is 0 Å². The van der Waals surface area contributed by atoms with Crippen molar-refractivity contribution in [3.05, 3.63) is 100 Å². The fourth-order valence-electron chi connectivity index (χ4n) is 4.85. The fraction of sp³-hybridized carbons (Fsp3) is 0.275. The maximum atomic E-state index is 12.9. The van der Waals surface area contributed by atoms with Crippen molar-refractivity contribution in [3.63, 3.8) is 0 Å². The van der Waals surface area contributed by atoms with Gasteiger partial charge < -0.3 is 43.0 Å². The maximum Gasteiger partial charge on any atom is 0.415 e. The molecule has 0 aliphatic rings. The number of hydrogen-bond donors (Lipinski definition) is 2. The van der Waals surface area contributed by atoms with Crippen LogP contribution in [0, 0.1) is 0 Å². The lowest BCUT2D eigenvalue weighted by atomic mass is 10.1. The second-order valence-electron chi connectivity index (χ2n) is 13.2. The minimum absolute atomic E-state index is 0.0972. The molecule has 3 rings (SSSR count). The van der Waals surface area contributed by atoms with Gasteiger partial charge in [0.1, 0.15) is 45.4 Å². The van der Waals surface area contributed by atoms with E-state index >= 15 is 0 Å². The van der Waals surface area contributed by atoms with Crippen LogP contribution in [0.5, 0.6) is 5.75 Å². The summed E-state index contributed by atoms with van der Waals surface area (Å²) < 4.78 is 35.6. The first-order valence-electron chi connectivity index (χ1n) is 18.3. The van der Waals surface area contributed by atoms with Crippen molar-refractivity contribution in [1.82, 2.24) is 9.80 Å². The van der Waals surface area contributed by atoms with Gasteiger partial charge in [0.2, 0.25) is 54.9 Å². The third-order valence-corrected chi connectivity index (χ3v) is 7.90. The first kappa shape index (κ1) is 49.4. The molecule has 0 fully saturated rings. The van der Waals surface area contributed by atoms with E-state index in [1.807, 2.05) is 19.0 Å². The van der Waals surface area contributed by atoms with Crippen molar-refractivity contribution in [2.75, 3.05) is 71.3 Å². The van der Waals surface area contributed by atoms with E-state index in [2.05, 4.69) is 10.6 Å². The van der Waals surface area contributed by atoms with Crippen molar-refractivity contribution in [1.29, 1.82) is 0 Å². The van der Waals surface area contributed by atoms with Crippen molar-refractivity contribution in [2.45, 2.75) is 13.2 Å². The van der Waals surface area contributed by atoms with E-state index in [1.54, 1.807) is 79.9 Å². The number of nitrogens with zero attached hydrogens (tertiary/aromatic N) is 2. The number of anilines is 2. The molecule has 0 spiro atoms. The Kier molecular flexibility index (Phi) is 20.4. The highest BCUT2D eigenvalue weighted by atomic mass is 16.6. The van der Waals surface area contributed by atoms with Crippen LogP contribution in [-0.2, 0) is 41.6 Å². The molecule has 0 aromatic heterocycles. The van der Waals surface area contributed by atoms with Crippen LogP contribution in [0.25, 0.3) is 12.2 Å². The first-order valence-corrected chi connectivity index (χ1v) is 18.3. The fourth-order valence-corrected chi connectivity index (χ4v) is 4.85. The summed E-state index contributed by atoms with van der Waals surface area (Å²) in [6.45, 7) is -0.639. The Bertz CT molecular complexity index is 2080. The molecule has 0 heterocycles. The highest BCUT2D eigenvalue weighted by Crippen LogP contribution is 2.24. The summed E-state index contributed by atoms with van der Waals surface area (Å²) in [6, 6.07) is 17.4. The zero-order chi connectivity index (χ0) is 45.6. The lowest BCUT2D eigenvalue weighted by Crippen LogP contribution is -2.35. The zero-order valence-electron chi connectivity index (χ0n) is 34.1. The summed E-state index contributed by atoms with van der Waals surface area (Å²) in [6.07, 6.45) is 0.843. The Morgan fingerprint density at radius 2 is 0.968 bits per heavy atom. The van der Waals surface area contributed by atoms with Gasteiger partial charge in [-0.25, -0.2) is 14.4 Å². The molecule has 3 aromatic carbocycles. The normalized spacial score (nSPS) is 10.3. The molecule has 0 aliphatic heterocycles. The molecule has 0 unspecified atom stereocenters. The SMILES string of the molecule is [B]C(=O)OCC(=Cc1ccc(NC(=O)OCc2ccc(OC(=O)N(C)CCN(C)C)c(COC(=O)Nc3ccc(C=C(COC([B])=O)COC([B])=O)cc3)c2)cc1)COC([B])=O. The lowest BCUT2D eigenvalue weighted by molar-refractivity contribution is 0.148. The minimum atomic E-state index is -1.02. The highest BCUT2D eigenvalue weighted by Gasteiger charge is 2.17. The van der Waals surface area contributed by atoms with Crippen LogP contribution in [-0.4, -0.2) is 144 Å². The van der Waals surface area contributed by atoms with Gasteiger partial charge in [-0.05, 0) is 79.3 Å². The average Bonchev–Trinajstić information content (AvgIpc) is 3.21. The Labute approximate surface area is 362 Å². The number of nitrogens with one attached hydrogen (secondary N) is 2. The van der Waals surface area contributed by atoms with E-state index in [4.69, 9.17) is 64.5 Å². The Balaban J connectivity index is 1.69. The molecular weight excluding hydrogens is 804 g/mol. The Hall–Kier alpha value is -6.95. The second-order valence-corrected chi connectivity index (χ2v) is 13.2. The van der Waals surface area contributed by atoms with Crippen LogP contribution >= 0.6 is 0 Å². The van der Waals surface area contributed by atoms with Crippen LogP contribution in [0.15, 0.2) is 77.9 Å². The predicted octanol–water partition coefficient (Wildman–Crippen LogP) is 5.16. The van der Waals surface area contributed by atoms with Crippen molar-refractivity contribution < 1.29 is 66.7 Å². The topological polar surface area (TPSA) is 215 Å². The molecule has 3 amide bonds. The van der Waals surface area contributed by atoms with Crippen molar-refractivity contribution in [3.8, 4) is 5.75 Å². The number of likely N-dealkylation sites (N-methyl/N-ethyl adjacent to an activating group) is 2. The first-order chi connectivity index (χ1) is 29.4. The van der Waals surface area contributed by atoms with E-state index in [9.17, 15) is 33.6 Å². The molecule has 316 valence electrons. The van der Waals surface area contributed by atoms with Crippen molar-refractivity contribution >= 4 is 96.7 Å². The molecular formula is C40H40B4N4O14. The third-order valence-electron chi connectivity index (χ3n) is 7.90. The van der Waals surface area contributed by atoms with Gasteiger partial charge in [0.25, 0.3) is 0 Å². The quantitative estimate of drug-likeness (QED) is 0.111. The van der Waals surface area contributed by atoms with Crippen molar-refractivity contribution in [2.24, 2.45) is 0 Å². The molecule has 0 aliphatic carbocycles. The van der Waals surface area contributed by atoms with Gasteiger partial charge in [-0.2, -0.15) is 0 Å². The number of carbonyl (C=O) groups excluding carboxylic acids is 7. The van der Waals surface area contributed by atoms with Crippen LogP contribution in [0.3, 0.4) is 0 Å². The van der Waals surface area contributed by atoms with Gasteiger partial charge in [0, 0.05) is 48.2 Å². The van der Waals surface area contributed by atoms with Crippen LogP contribution in [0.1, 0.15) is 22.3 Å². The molecule has 0 bridgehead atoms. The molecule has 8 radical (unpaired) electrons. The third kappa shape index (κ3) is 19.9. The summed E-state index contributed by atoms with van der Waals surface area (Å²) in [5.74, 6) is -3.99. The lowest BCUT2D eigenvalue weighted by Gasteiger charge is -2.20. The monoisotopic (exact) mass is 844 g/mol. The van der Waals surface area contributed by atoms with E-state index < -0.39 is 41.8 Å². The van der Waals surface area contributed by atoms with Gasteiger partial charge in [-0.15, -0.1) is 0 Å². The molecule has 62 heavy (non-hydrogen) atoms. The largest absolute Gasteiger partial charge is 0.470 e. The van der Waals surface area contributed by atoms with Crippen LogP contribution in [0.4, 0.5) is 44.9 Å². The highest BCUT2D eigenvalue weighted by molar-refractivity contribution is 6.55. The molecule has 2 N–H and O–H groups in total. The van der Waals surface area contributed by atoms with Gasteiger partial charge >= 0.3 is 18.3 Å². The Morgan fingerprint density at radius 1 is 0.548 bits per heavy atom. The Morgan fingerprint density at radius 3 is 1.37 bits per heavy atom. The van der Waals surface area contributed by atoms with Gasteiger partial charge in [-0.3, -0.25) is 29.8 Å². The van der Waals surface area contributed by atoms with Gasteiger partial charge in [-0.1, -0.05) is 30.3 Å². The number of carbonyl (C=O) groups is 7. The zero-order valence-corrected chi connectivity index (χ0v) is 34.1. The predicted molar refractivity (Wildman–Crippen MR) is 229 cm³/mol. The van der Waals surface area contributed by atoms with E-state index in [-0.39, 0.29) is 51.0 Å². The molecule has 3 aromatic rings. The molecule has 18 nitrogen and oxygen atoms in total. The number of hydrogen-bond acceptors (Lipinski definition) is 15. The van der Waals surface area contributed by atoms with E-state index in [0.29, 0.717) is 52.3 Å². The average molecular weight is 844 g/mol. The van der Waals surface area contributed by atoms with Crippen LogP contribution < -0.4 is 15.4 Å². The maximum absolute atomic E-state index is 12.9. The van der Waals surface area contributed by atoms with Gasteiger partial charge in [0.15, 0.2) is 0 Å². The summed E-state index contributed by atoms with van der Waals surface area (Å²) in [4.78, 5) is 86.0. The number of benzene rings is 3. The molecule has 0 atom stereocenters. The second kappa shape index (κ2) is 25.6. The number of rotatable bonds is 20. The molecule has 22 heteroatoms. The van der Waals surface area contributed by atoms with E-state index in [0.717, 1.165) is 0 Å². The van der Waals surface area contributed by atoms with Gasteiger partial charge in [0.05, 0.1) is 0 Å². The minimum Gasteiger partial charge on any atom is -0.470 e. The summed E-state index contributed by atoms with van der Waals surface area (Å²) in [7, 11) is 25.4. The van der Waals surface area contributed by atoms with E-state index in [1.165, 1.54) is 11.0 Å². The standard InChI is InChI=1S/C40H40B4N4O14/c1-47(2)14-15-48(3)40(55)62-33-13-8-27(19-60-38(53)45-31-9-4-25(5-10-31)16-28(20-56-34(41)49)21-57-35(42)50)18-30(33)24-61-39(54)46-32-11-6-26(7-12-32)17-29(22-58-36(43)51)23-59-37(44)52/h4-13,16-18H,14-15,19-24H2,1-3H3,(H,45,53)(H,46,54). The molecule has 0 saturated heterocycles. The number of amides is 3. The molecule has 0 saturated carbocycles. The summed E-state index contributed by atoms with van der Waals surface area (Å²) in [5, 5.41) is 5.18. The summed E-state index contributed by atoms with van der Waals surface area (Å²) >= 11 is 0.